The second-order valence-corrected chi connectivity index (χ2v) is 16.3. The van der Waals surface area contributed by atoms with Gasteiger partial charge in [-0.1, -0.05) is 50.6 Å². The SMILES string of the molecule is C=CC(NS(=O)C(C)(C)C)C(O[Si-](C)(C)C(C)(C)C)c1cccc(Cl)c1. The number of nitrogens with one attached hydrogen (secondary N) is 1. The van der Waals surface area contributed by atoms with Gasteiger partial charge in [-0.15, -0.1) is 24.7 Å². The molecule has 149 valence electrons. The molecular weight excluding hydrogens is 382 g/mol. The Labute approximate surface area is 168 Å². The summed E-state index contributed by atoms with van der Waals surface area (Å²) in [6.45, 7) is 20.8. The molecule has 1 N–H and O–H groups in total. The van der Waals surface area contributed by atoms with E-state index < -0.39 is 19.3 Å². The Morgan fingerprint density at radius 3 is 2.23 bits per heavy atom. The van der Waals surface area contributed by atoms with Gasteiger partial charge in [-0.05, 0) is 46.8 Å². The summed E-state index contributed by atoms with van der Waals surface area (Å²) in [5.41, 5.74) is 0.964. The third-order valence-corrected chi connectivity index (χ3v) is 11.1. The molecule has 3 nitrogen and oxygen atoms in total. The molecule has 1 rings (SSSR count). The van der Waals surface area contributed by atoms with E-state index in [2.05, 4.69) is 45.2 Å². The summed E-state index contributed by atoms with van der Waals surface area (Å²) in [6.07, 6.45) is 1.47. The highest BCUT2D eigenvalue weighted by Crippen LogP contribution is 2.41. The van der Waals surface area contributed by atoms with Crippen LogP contribution < -0.4 is 4.72 Å². The highest BCUT2D eigenvalue weighted by molar-refractivity contribution is 7.84. The van der Waals surface area contributed by atoms with E-state index in [0.29, 0.717) is 5.02 Å². The number of hydrogen-bond donors (Lipinski definition) is 1. The van der Waals surface area contributed by atoms with Gasteiger partial charge in [0.15, 0.2) is 0 Å². The summed E-state index contributed by atoms with van der Waals surface area (Å²) in [5, 5.41) is 0.713. The van der Waals surface area contributed by atoms with Crippen LogP contribution >= 0.6 is 11.6 Å². The smallest absolute Gasteiger partial charge is 0.0976 e. The van der Waals surface area contributed by atoms with Gasteiger partial charge in [0.1, 0.15) is 0 Å². The fourth-order valence-electron chi connectivity index (χ4n) is 2.06. The van der Waals surface area contributed by atoms with Gasteiger partial charge in [0.2, 0.25) is 0 Å². The molecule has 0 radical (unpaired) electrons. The van der Waals surface area contributed by atoms with Crippen molar-refractivity contribution in [1.29, 1.82) is 0 Å². The molecule has 26 heavy (non-hydrogen) atoms. The molecule has 1 aromatic carbocycles. The first-order chi connectivity index (χ1) is 11.7. The highest BCUT2D eigenvalue weighted by Gasteiger charge is 2.32. The fourth-order valence-corrected chi connectivity index (χ4v) is 4.35. The summed E-state index contributed by atoms with van der Waals surface area (Å²) in [6, 6.07) is 7.39. The van der Waals surface area contributed by atoms with Gasteiger partial charge in [-0.2, -0.15) is 0 Å². The van der Waals surface area contributed by atoms with Crippen molar-refractivity contribution in [3.05, 3.63) is 47.5 Å². The molecule has 0 fully saturated rings. The lowest BCUT2D eigenvalue weighted by molar-refractivity contribution is 0.164. The minimum absolute atomic E-state index is 0.0543. The number of halogens is 1. The van der Waals surface area contributed by atoms with Crippen molar-refractivity contribution in [2.75, 3.05) is 0 Å². The third-order valence-electron chi connectivity index (χ3n) is 4.78. The lowest BCUT2D eigenvalue weighted by Crippen LogP contribution is -2.48. The summed E-state index contributed by atoms with van der Waals surface area (Å²) in [4.78, 5) is 0. The van der Waals surface area contributed by atoms with Crippen LogP contribution in [0.3, 0.4) is 0 Å². The van der Waals surface area contributed by atoms with Crippen LogP contribution in [0, 0.1) is 0 Å². The molecule has 0 bridgehead atoms. The number of hydrogen-bond acceptors (Lipinski definition) is 2. The van der Waals surface area contributed by atoms with Crippen LogP contribution in [-0.4, -0.2) is 23.3 Å². The Hall–Kier alpha value is -0.463. The average Bonchev–Trinajstić information content (AvgIpc) is 2.48. The van der Waals surface area contributed by atoms with Gasteiger partial charge in [0.05, 0.1) is 27.9 Å². The maximum absolute atomic E-state index is 12.7. The van der Waals surface area contributed by atoms with E-state index in [1.807, 2.05) is 45.0 Å². The second-order valence-electron chi connectivity index (χ2n) is 9.11. The number of rotatable bonds is 7. The molecule has 1 aromatic rings. The Kier molecular flexibility index (Phi) is 7.89. The van der Waals surface area contributed by atoms with E-state index in [-0.39, 0.29) is 21.9 Å². The van der Waals surface area contributed by atoms with Gasteiger partial charge in [-0.3, -0.25) is 0 Å². The minimum atomic E-state index is -2.07. The maximum atomic E-state index is 12.7. The molecule has 0 amide bonds. The number of benzene rings is 1. The van der Waals surface area contributed by atoms with Crippen molar-refractivity contribution in [1.82, 2.24) is 4.72 Å². The Morgan fingerprint density at radius 2 is 1.81 bits per heavy atom. The first kappa shape index (κ1) is 23.6. The molecule has 3 unspecified atom stereocenters. The lowest BCUT2D eigenvalue weighted by atomic mass is 10.0. The lowest BCUT2D eigenvalue weighted by Gasteiger charge is -2.52. The van der Waals surface area contributed by atoms with E-state index in [9.17, 15) is 4.21 Å². The van der Waals surface area contributed by atoms with E-state index in [1.165, 1.54) is 0 Å². The predicted molar refractivity (Wildman–Crippen MR) is 117 cm³/mol. The van der Waals surface area contributed by atoms with E-state index in [1.54, 1.807) is 6.08 Å². The van der Waals surface area contributed by atoms with Crippen molar-refractivity contribution in [3.8, 4) is 0 Å². The summed E-state index contributed by atoms with van der Waals surface area (Å²) >= 11 is 6.23. The topological polar surface area (TPSA) is 38.3 Å². The third kappa shape index (κ3) is 6.31. The largest absolute Gasteiger partial charge is 0.558 e. The van der Waals surface area contributed by atoms with Crippen LogP contribution in [-0.2, 0) is 15.4 Å². The Morgan fingerprint density at radius 1 is 1.23 bits per heavy atom. The predicted octanol–water partition coefficient (Wildman–Crippen LogP) is 6.01. The van der Waals surface area contributed by atoms with E-state index in [0.717, 1.165) is 5.56 Å². The van der Waals surface area contributed by atoms with Crippen molar-refractivity contribution >= 4 is 30.9 Å². The van der Waals surface area contributed by atoms with Crippen LogP contribution in [0.25, 0.3) is 0 Å². The van der Waals surface area contributed by atoms with Crippen LogP contribution in [0.2, 0.25) is 23.2 Å². The Balaban J connectivity index is 3.30. The fraction of sp³-hybridized carbons (Fsp3) is 0.600. The first-order valence-electron chi connectivity index (χ1n) is 8.93. The van der Waals surface area contributed by atoms with Crippen molar-refractivity contribution < 1.29 is 8.63 Å². The van der Waals surface area contributed by atoms with Crippen LogP contribution in [0.15, 0.2) is 36.9 Å². The zero-order valence-electron chi connectivity index (χ0n) is 17.4. The van der Waals surface area contributed by atoms with Crippen molar-refractivity contribution in [3.63, 3.8) is 0 Å². The van der Waals surface area contributed by atoms with Gasteiger partial charge >= 0.3 is 0 Å². The van der Waals surface area contributed by atoms with Crippen molar-refractivity contribution in [2.45, 2.75) is 76.6 Å². The molecule has 6 heteroatoms. The maximum Gasteiger partial charge on any atom is 0.0976 e. The summed E-state index contributed by atoms with van der Waals surface area (Å²) < 4.78 is 22.2. The zero-order valence-corrected chi connectivity index (χ0v) is 19.9. The molecule has 0 saturated heterocycles. The molecule has 3 atom stereocenters. The van der Waals surface area contributed by atoms with E-state index in [4.69, 9.17) is 16.0 Å². The van der Waals surface area contributed by atoms with Crippen molar-refractivity contribution in [2.24, 2.45) is 0 Å². The molecule has 0 aliphatic carbocycles. The molecule has 0 spiro atoms. The second kappa shape index (κ2) is 8.70. The van der Waals surface area contributed by atoms with Gasteiger partial charge < -0.3 is 4.43 Å². The molecule has 0 aromatic heterocycles. The van der Waals surface area contributed by atoms with Gasteiger partial charge in [0.25, 0.3) is 0 Å². The monoisotopic (exact) mass is 415 g/mol. The van der Waals surface area contributed by atoms with Gasteiger partial charge in [-0.25, -0.2) is 8.93 Å². The zero-order chi connectivity index (χ0) is 20.3. The summed E-state index contributed by atoms with van der Waals surface area (Å²) in [5.74, 6) is 0. The quantitative estimate of drug-likeness (QED) is 0.437. The average molecular weight is 416 g/mol. The van der Waals surface area contributed by atoms with E-state index >= 15 is 0 Å². The molecule has 0 heterocycles. The van der Waals surface area contributed by atoms with Gasteiger partial charge in [0, 0.05) is 5.02 Å². The van der Waals surface area contributed by atoms with Crippen LogP contribution in [0.5, 0.6) is 0 Å². The molecule has 0 aliphatic heterocycles. The summed E-state index contributed by atoms with van der Waals surface area (Å²) in [7, 11) is -3.31. The normalized spacial score (nSPS) is 16.8. The highest BCUT2D eigenvalue weighted by atomic mass is 35.5. The minimum Gasteiger partial charge on any atom is -0.558 e. The van der Waals surface area contributed by atoms with Crippen LogP contribution in [0.4, 0.5) is 0 Å². The molecule has 0 aliphatic rings. The first-order valence-corrected chi connectivity index (χ1v) is 13.4. The standard InChI is InChI=1S/C20H34ClNO2SSi/c1-10-17(22-25(23)19(2,3)4)18(15-12-11-13-16(21)14-15)24-26(8,9)20(5,6)7/h10-14,17-18,22H,1H2,2-9H3/q-1. The van der Waals surface area contributed by atoms with Crippen LogP contribution in [0.1, 0.15) is 53.2 Å². The molecular formula is C20H34ClNO2SSi-. The molecule has 0 saturated carbocycles. The Bertz CT molecular complexity index is 650.